The highest BCUT2D eigenvalue weighted by molar-refractivity contribution is 5.85. The van der Waals surface area contributed by atoms with Crippen LogP contribution >= 0.6 is 0 Å². The van der Waals surface area contributed by atoms with Crippen molar-refractivity contribution in [3.05, 3.63) is 83.9 Å². The van der Waals surface area contributed by atoms with Gasteiger partial charge in [-0.3, -0.25) is 9.59 Å². The van der Waals surface area contributed by atoms with Crippen molar-refractivity contribution >= 4 is 23.2 Å². The molecule has 1 heterocycles. The van der Waals surface area contributed by atoms with Crippen LogP contribution in [0.15, 0.2) is 72.8 Å². The minimum Gasteiger partial charge on any atom is -0.483 e. The number of likely N-dealkylation sites (tertiary alicyclic amines) is 1. The van der Waals surface area contributed by atoms with Crippen molar-refractivity contribution < 1.29 is 24.9 Å². The molecule has 0 bridgehead atoms. The Hall–Kier alpha value is -3.26. The Morgan fingerprint density at radius 2 is 1.74 bits per heavy atom. The Labute approximate surface area is 199 Å². The van der Waals surface area contributed by atoms with Crippen molar-refractivity contribution in [3.8, 4) is 0 Å². The number of hydrogen-bond acceptors (Lipinski definition) is 5. The van der Waals surface area contributed by atoms with Crippen LogP contribution in [0, 0.1) is 0 Å². The van der Waals surface area contributed by atoms with Gasteiger partial charge >= 0.3 is 0 Å². The number of aliphatic hydroxyl groups is 2. The molecule has 1 amide bonds. The average Bonchev–Trinajstić information content (AvgIpc) is 2.85. The third kappa shape index (κ3) is 5.99. The molecule has 1 fully saturated rings. The van der Waals surface area contributed by atoms with Gasteiger partial charge in [-0.15, -0.1) is 0 Å². The van der Waals surface area contributed by atoms with E-state index in [0.717, 1.165) is 25.1 Å². The zero-order valence-electron chi connectivity index (χ0n) is 19.1. The number of aliphatic hydroxyl groups excluding tert-OH is 2. The van der Waals surface area contributed by atoms with Crippen LogP contribution in [0.5, 0.6) is 0 Å². The summed E-state index contributed by atoms with van der Waals surface area (Å²) in [6.07, 6.45) is 0.819. The molecule has 34 heavy (non-hydrogen) atoms. The van der Waals surface area contributed by atoms with Crippen LogP contribution in [0.4, 0.5) is 0 Å². The summed E-state index contributed by atoms with van der Waals surface area (Å²) in [5.41, 5.74) is 1.38. The van der Waals surface area contributed by atoms with Gasteiger partial charge in [0.05, 0.1) is 18.2 Å². The maximum Gasteiger partial charge on any atom is 0.290 e. The highest BCUT2D eigenvalue weighted by Gasteiger charge is 2.44. The molecule has 3 aromatic carbocycles. The van der Waals surface area contributed by atoms with Crippen LogP contribution in [0.1, 0.15) is 24.0 Å². The molecule has 0 unspecified atom stereocenters. The molecular formula is C27H32N2O5. The summed E-state index contributed by atoms with van der Waals surface area (Å²) in [5, 5.41) is 32.8. The molecule has 0 saturated carbocycles. The predicted molar refractivity (Wildman–Crippen MR) is 131 cm³/mol. The molecular weight excluding hydrogens is 432 g/mol. The van der Waals surface area contributed by atoms with Gasteiger partial charge in [-0.2, -0.15) is 0 Å². The first-order chi connectivity index (χ1) is 16.5. The minimum atomic E-state index is -0.830. The second-order valence-corrected chi connectivity index (χ2v) is 8.42. The molecule has 1 saturated heterocycles. The molecule has 7 heteroatoms. The Balaban J connectivity index is 0.00000103. The van der Waals surface area contributed by atoms with Gasteiger partial charge in [-0.25, -0.2) is 0 Å². The smallest absolute Gasteiger partial charge is 0.290 e. The van der Waals surface area contributed by atoms with Crippen molar-refractivity contribution in [2.45, 2.75) is 30.9 Å². The fourth-order valence-electron chi connectivity index (χ4n) is 4.69. The molecule has 3 aromatic rings. The maximum absolute atomic E-state index is 12.4. The van der Waals surface area contributed by atoms with E-state index in [2.05, 4.69) is 52.7 Å². The lowest BCUT2D eigenvalue weighted by Crippen LogP contribution is -2.62. The summed E-state index contributed by atoms with van der Waals surface area (Å²) in [7, 11) is 0. The summed E-state index contributed by atoms with van der Waals surface area (Å²) in [5.74, 6) is -0.241. The van der Waals surface area contributed by atoms with Crippen LogP contribution in [-0.2, 0) is 21.5 Å². The molecule has 4 rings (SSSR count). The summed E-state index contributed by atoms with van der Waals surface area (Å²) in [6, 6.07) is 24.5. The lowest BCUT2D eigenvalue weighted by Gasteiger charge is -2.46. The highest BCUT2D eigenvalue weighted by atomic mass is 16.3. The second-order valence-electron chi connectivity index (χ2n) is 8.42. The molecule has 4 N–H and O–H groups in total. The van der Waals surface area contributed by atoms with E-state index >= 15 is 0 Å². The number of amides is 1. The van der Waals surface area contributed by atoms with E-state index < -0.39 is 11.6 Å². The van der Waals surface area contributed by atoms with Gasteiger partial charge in [0, 0.05) is 26.1 Å². The van der Waals surface area contributed by atoms with Gasteiger partial charge in [0.15, 0.2) is 0 Å². The van der Waals surface area contributed by atoms with Crippen LogP contribution in [-0.4, -0.2) is 64.9 Å². The Kier molecular flexibility index (Phi) is 9.16. The lowest BCUT2D eigenvalue weighted by atomic mass is 9.78. The summed E-state index contributed by atoms with van der Waals surface area (Å²) in [6.45, 7) is 1.65. The summed E-state index contributed by atoms with van der Waals surface area (Å²) in [4.78, 5) is 23.0. The first kappa shape index (κ1) is 25.4. The van der Waals surface area contributed by atoms with Crippen molar-refractivity contribution in [1.82, 2.24) is 10.2 Å². The number of carboxylic acid groups (broad SMARTS) is 1. The number of benzene rings is 3. The Morgan fingerprint density at radius 1 is 1.06 bits per heavy atom. The Morgan fingerprint density at radius 3 is 2.44 bits per heavy atom. The van der Waals surface area contributed by atoms with Crippen molar-refractivity contribution in [1.29, 1.82) is 0 Å². The van der Waals surface area contributed by atoms with Crippen molar-refractivity contribution in [2.24, 2.45) is 0 Å². The average molecular weight is 465 g/mol. The van der Waals surface area contributed by atoms with E-state index in [9.17, 15) is 9.90 Å². The fraction of sp³-hybridized carbons (Fsp3) is 0.333. The molecule has 0 aliphatic carbocycles. The summed E-state index contributed by atoms with van der Waals surface area (Å²) >= 11 is 0. The third-order valence-electron chi connectivity index (χ3n) is 6.39. The lowest BCUT2D eigenvalue weighted by molar-refractivity contribution is -0.127. The third-order valence-corrected chi connectivity index (χ3v) is 6.39. The molecule has 7 nitrogen and oxygen atoms in total. The number of carbonyl (C=O) groups is 2. The van der Waals surface area contributed by atoms with Crippen LogP contribution < -0.4 is 5.32 Å². The van der Waals surface area contributed by atoms with E-state index in [0.29, 0.717) is 13.0 Å². The molecule has 2 atom stereocenters. The van der Waals surface area contributed by atoms with Crippen LogP contribution in [0.2, 0.25) is 0 Å². The topological polar surface area (TPSA) is 110 Å². The maximum atomic E-state index is 12.4. The molecule has 0 aromatic heterocycles. The van der Waals surface area contributed by atoms with Crippen LogP contribution in [0.25, 0.3) is 10.8 Å². The van der Waals surface area contributed by atoms with Gasteiger partial charge in [-0.1, -0.05) is 72.8 Å². The first-order valence-electron chi connectivity index (χ1n) is 11.5. The summed E-state index contributed by atoms with van der Waals surface area (Å²) < 4.78 is 0. The van der Waals surface area contributed by atoms with E-state index in [4.69, 9.17) is 15.0 Å². The van der Waals surface area contributed by atoms with Crippen LogP contribution in [0.3, 0.4) is 0 Å². The SMILES string of the molecule is O=C(CCO)N[C@]1(c2ccccc2)CCN(CCc2cccc3ccccc23)C[C@H]1O.O=CO. The minimum absolute atomic E-state index is 0.0338. The molecule has 0 radical (unpaired) electrons. The molecule has 1 aliphatic heterocycles. The number of rotatable bonds is 7. The zero-order chi connectivity index (χ0) is 24.4. The van der Waals surface area contributed by atoms with Gasteiger partial charge in [0.25, 0.3) is 6.47 Å². The predicted octanol–water partition coefficient (Wildman–Crippen LogP) is 2.54. The van der Waals surface area contributed by atoms with Gasteiger partial charge in [0.1, 0.15) is 0 Å². The van der Waals surface area contributed by atoms with Gasteiger partial charge in [0.2, 0.25) is 5.91 Å². The van der Waals surface area contributed by atoms with E-state index in [-0.39, 0.29) is 25.4 Å². The second kappa shape index (κ2) is 12.3. The standard InChI is InChI=1S/C26H30N2O3.CH2O2/c29-18-14-25(31)27-26(22-10-2-1-3-11-22)15-17-28(19-24(26)30)16-13-21-9-6-8-20-7-4-5-12-23(20)21;2-1-3/h1-12,24,29-30H,13-19H2,(H,27,31);1H,(H,2,3)/t24-,26+;/m1./s1. The normalized spacial score (nSPS) is 20.2. The number of β-amino-alcohol motifs (C(OH)–C–C–N with tert-alkyl or cyclic N) is 1. The van der Waals surface area contributed by atoms with Gasteiger partial charge < -0.3 is 25.5 Å². The van der Waals surface area contributed by atoms with E-state index in [1.54, 1.807) is 0 Å². The molecule has 1 aliphatic rings. The van der Waals surface area contributed by atoms with E-state index in [1.807, 2.05) is 30.3 Å². The Bertz CT molecular complexity index is 1070. The van der Waals surface area contributed by atoms with Gasteiger partial charge in [-0.05, 0) is 34.7 Å². The van der Waals surface area contributed by atoms with Crippen molar-refractivity contribution in [3.63, 3.8) is 0 Å². The number of nitrogens with zero attached hydrogens (tertiary/aromatic N) is 1. The quantitative estimate of drug-likeness (QED) is 0.400. The highest BCUT2D eigenvalue weighted by Crippen LogP contribution is 2.34. The largest absolute Gasteiger partial charge is 0.483 e. The number of piperidine rings is 1. The number of hydrogen-bond donors (Lipinski definition) is 4. The zero-order valence-corrected chi connectivity index (χ0v) is 19.1. The number of fused-ring (bicyclic) bond motifs is 1. The van der Waals surface area contributed by atoms with Crippen molar-refractivity contribution in [2.75, 3.05) is 26.2 Å². The van der Waals surface area contributed by atoms with E-state index in [1.165, 1.54) is 16.3 Å². The number of nitrogens with one attached hydrogen (secondary N) is 1. The first-order valence-corrected chi connectivity index (χ1v) is 11.5. The molecule has 180 valence electrons. The molecule has 0 spiro atoms. The monoisotopic (exact) mass is 464 g/mol. The number of carbonyl (C=O) groups excluding carboxylic acids is 1. The fourth-order valence-corrected chi connectivity index (χ4v) is 4.69.